The molecule has 0 fully saturated rings. The summed E-state index contributed by atoms with van der Waals surface area (Å²) in [5.74, 6) is 0. The van der Waals surface area contributed by atoms with Crippen LogP contribution in [0.15, 0.2) is 18.2 Å². The SMILES string of the molecule is C#[N+]c1cc(C)cc(C)c1. The number of benzene rings is 1. The summed E-state index contributed by atoms with van der Waals surface area (Å²) in [5.41, 5.74) is 3.24. The fourth-order valence-electron chi connectivity index (χ4n) is 1.03. The molecule has 0 saturated heterocycles. The molecule has 0 bridgehead atoms. The van der Waals surface area contributed by atoms with E-state index in [9.17, 15) is 0 Å². The predicted molar refractivity (Wildman–Crippen MR) is 43.9 cm³/mol. The second-order valence-corrected chi connectivity index (χ2v) is 2.48. The van der Waals surface area contributed by atoms with Crippen molar-refractivity contribution >= 4 is 5.69 Å². The van der Waals surface area contributed by atoms with Crippen LogP contribution in [0, 0.1) is 20.4 Å². The van der Waals surface area contributed by atoms with Gasteiger partial charge in [-0.1, -0.05) is 6.07 Å². The highest BCUT2D eigenvalue weighted by Gasteiger charge is 2.00. The maximum absolute atomic E-state index is 5.11. The third-order valence-electron chi connectivity index (χ3n) is 1.36. The van der Waals surface area contributed by atoms with Crippen molar-refractivity contribution in [1.29, 1.82) is 0 Å². The molecule has 1 rings (SSSR count). The topological polar surface area (TPSA) is 4.36 Å². The quantitative estimate of drug-likeness (QED) is 0.511. The van der Waals surface area contributed by atoms with Crippen LogP contribution < -0.4 is 0 Å². The van der Waals surface area contributed by atoms with Gasteiger partial charge in [0.1, 0.15) is 0 Å². The largest absolute Gasteiger partial charge is 0.340 e. The molecular formula is C9H10N+. The second kappa shape index (κ2) is 2.53. The van der Waals surface area contributed by atoms with Crippen LogP contribution in [0.3, 0.4) is 0 Å². The summed E-state index contributed by atoms with van der Waals surface area (Å²) < 4.78 is 0. The van der Waals surface area contributed by atoms with Crippen LogP contribution in [0.25, 0.3) is 4.85 Å². The van der Waals surface area contributed by atoms with Crippen LogP contribution in [0.5, 0.6) is 0 Å². The maximum atomic E-state index is 5.11. The maximum Gasteiger partial charge on any atom is 0.340 e. The highest BCUT2D eigenvalue weighted by molar-refractivity contribution is 5.49. The Balaban J connectivity index is 3.22. The predicted octanol–water partition coefficient (Wildman–Crippen LogP) is 2.90. The Morgan fingerprint density at radius 3 is 2.00 bits per heavy atom. The normalized spacial score (nSPS) is 8.90. The molecule has 10 heavy (non-hydrogen) atoms. The Bertz CT molecular complexity index is 261. The van der Waals surface area contributed by atoms with Crippen molar-refractivity contribution in [3.05, 3.63) is 34.2 Å². The lowest BCUT2D eigenvalue weighted by Gasteiger charge is -1.90. The van der Waals surface area contributed by atoms with Crippen LogP contribution >= 0.6 is 0 Å². The van der Waals surface area contributed by atoms with Crippen molar-refractivity contribution in [1.82, 2.24) is 0 Å². The molecule has 1 aromatic rings. The molecule has 0 aliphatic heterocycles. The summed E-state index contributed by atoms with van der Waals surface area (Å²) in [6.45, 7) is 9.17. The van der Waals surface area contributed by atoms with Gasteiger partial charge in [0.15, 0.2) is 0 Å². The van der Waals surface area contributed by atoms with Crippen LogP contribution in [0.4, 0.5) is 5.69 Å². The summed E-state index contributed by atoms with van der Waals surface area (Å²) in [5, 5.41) is 0. The van der Waals surface area contributed by atoms with E-state index < -0.39 is 0 Å². The zero-order valence-corrected chi connectivity index (χ0v) is 6.26. The second-order valence-electron chi connectivity index (χ2n) is 2.48. The minimum atomic E-state index is 0.845. The molecule has 0 aliphatic rings. The number of aryl methyl sites for hydroxylation is 2. The zero-order valence-electron chi connectivity index (χ0n) is 6.26. The van der Waals surface area contributed by atoms with E-state index in [4.69, 9.17) is 6.57 Å². The summed E-state index contributed by atoms with van der Waals surface area (Å²) in [7, 11) is 0. The highest BCUT2D eigenvalue weighted by atomic mass is 14.6. The number of rotatable bonds is 0. The molecule has 0 heterocycles. The van der Waals surface area contributed by atoms with E-state index in [-0.39, 0.29) is 0 Å². The fourth-order valence-corrected chi connectivity index (χ4v) is 1.03. The molecule has 0 atom stereocenters. The standard InChI is InChI=1S/C9H10N/c1-7-4-8(2)6-9(5-7)10-3/h3-6H,1-2H3/q+1. The van der Waals surface area contributed by atoms with Crippen LogP contribution in [-0.2, 0) is 0 Å². The van der Waals surface area contributed by atoms with E-state index >= 15 is 0 Å². The van der Waals surface area contributed by atoms with Gasteiger partial charge in [-0.05, 0) is 29.8 Å². The first-order valence-electron chi connectivity index (χ1n) is 3.21. The average Bonchev–Trinajstić information content (AvgIpc) is 1.85. The number of hydrogen-bond donors (Lipinski definition) is 0. The Hall–Kier alpha value is -1.29. The minimum absolute atomic E-state index is 0.845. The molecule has 0 saturated carbocycles. The third-order valence-corrected chi connectivity index (χ3v) is 1.36. The first kappa shape index (κ1) is 6.82. The third kappa shape index (κ3) is 1.35. The first-order valence-corrected chi connectivity index (χ1v) is 3.21. The molecule has 1 heteroatoms. The van der Waals surface area contributed by atoms with Crippen molar-refractivity contribution in [3.63, 3.8) is 0 Å². The lowest BCUT2D eigenvalue weighted by atomic mass is 10.1. The summed E-state index contributed by atoms with van der Waals surface area (Å²) in [6.07, 6.45) is 0. The Labute approximate surface area is 61.1 Å². The molecule has 1 nitrogen and oxygen atoms in total. The van der Waals surface area contributed by atoms with E-state index in [0.29, 0.717) is 0 Å². The monoisotopic (exact) mass is 132 g/mol. The number of nitrogens with zero attached hydrogens (tertiary/aromatic N) is 1. The van der Waals surface area contributed by atoms with E-state index in [1.807, 2.05) is 26.0 Å². The van der Waals surface area contributed by atoms with Gasteiger partial charge in [-0.25, -0.2) is 0 Å². The van der Waals surface area contributed by atoms with Gasteiger partial charge in [0, 0.05) is 12.1 Å². The molecular weight excluding hydrogens is 122 g/mol. The molecule has 0 unspecified atom stereocenters. The van der Waals surface area contributed by atoms with E-state index in [1.165, 1.54) is 11.1 Å². The summed E-state index contributed by atoms with van der Waals surface area (Å²) >= 11 is 0. The Kier molecular flexibility index (Phi) is 1.73. The van der Waals surface area contributed by atoms with Crippen LogP contribution in [0.1, 0.15) is 11.1 Å². The van der Waals surface area contributed by atoms with Gasteiger partial charge < -0.3 is 0 Å². The number of hydrogen-bond acceptors (Lipinski definition) is 0. The lowest BCUT2D eigenvalue weighted by Crippen LogP contribution is -1.73. The van der Waals surface area contributed by atoms with Gasteiger partial charge in [-0.2, -0.15) is 0 Å². The van der Waals surface area contributed by atoms with Crippen molar-refractivity contribution < 1.29 is 0 Å². The molecule has 0 aliphatic carbocycles. The van der Waals surface area contributed by atoms with Gasteiger partial charge in [0.05, 0.1) is 0 Å². The molecule has 0 radical (unpaired) electrons. The molecule has 0 spiro atoms. The summed E-state index contributed by atoms with van der Waals surface area (Å²) in [4.78, 5) is 3.59. The average molecular weight is 132 g/mol. The molecule has 0 N–H and O–H groups in total. The van der Waals surface area contributed by atoms with E-state index in [2.05, 4.69) is 10.9 Å². The van der Waals surface area contributed by atoms with Crippen LogP contribution in [0.2, 0.25) is 0 Å². The Morgan fingerprint density at radius 1 is 1.10 bits per heavy atom. The van der Waals surface area contributed by atoms with Crippen molar-refractivity contribution in [2.45, 2.75) is 13.8 Å². The van der Waals surface area contributed by atoms with Gasteiger partial charge in [-0.3, -0.25) is 0 Å². The Morgan fingerprint density at radius 2 is 1.60 bits per heavy atom. The van der Waals surface area contributed by atoms with E-state index in [0.717, 1.165) is 5.69 Å². The van der Waals surface area contributed by atoms with Crippen molar-refractivity contribution in [2.75, 3.05) is 0 Å². The summed E-state index contributed by atoms with van der Waals surface area (Å²) in [6, 6.07) is 5.99. The van der Waals surface area contributed by atoms with Crippen molar-refractivity contribution in [2.24, 2.45) is 0 Å². The van der Waals surface area contributed by atoms with Crippen LogP contribution in [-0.4, -0.2) is 0 Å². The molecule has 0 amide bonds. The zero-order chi connectivity index (χ0) is 7.56. The minimum Gasteiger partial charge on any atom is -0.0558 e. The van der Waals surface area contributed by atoms with Gasteiger partial charge in [0.25, 0.3) is 6.57 Å². The molecule has 1 aromatic carbocycles. The smallest absolute Gasteiger partial charge is 0.0558 e. The molecule has 0 aromatic heterocycles. The lowest BCUT2D eigenvalue weighted by molar-refractivity contribution is 1.39. The fraction of sp³-hybridized carbons (Fsp3) is 0.222. The van der Waals surface area contributed by atoms with E-state index in [1.54, 1.807) is 0 Å². The van der Waals surface area contributed by atoms with Gasteiger partial charge >= 0.3 is 5.69 Å². The van der Waals surface area contributed by atoms with Crippen molar-refractivity contribution in [3.8, 4) is 6.57 Å². The van der Waals surface area contributed by atoms with Gasteiger partial charge in [-0.15, -0.1) is 0 Å². The molecule has 50 valence electrons. The first-order chi connectivity index (χ1) is 4.72. The van der Waals surface area contributed by atoms with Gasteiger partial charge in [0.2, 0.25) is 0 Å². The highest BCUT2D eigenvalue weighted by Crippen LogP contribution is 2.15.